The van der Waals surface area contributed by atoms with Crippen molar-refractivity contribution in [3.05, 3.63) is 39.7 Å². The average Bonchev–Trinajstić information content (AvgIpc) is 2.89. The van der Waals surface area contributed by atoms with Crippen molar-refractivity contribution >= 4 is 62.2 Å². The molecule has 1 amide bonds. The van der Waals surface area contributed by atoms with Gasteiger partial charge in [-0.3, -0.25) is 9.69 Å². The predicted molar refractivity (Wildman–Crippen MR) is 108 cm³/mol. The van der Waals surface area contributed by atoms with E-state index in [2.05, 4.69) is 27.2 Å². The summed E-state index contributed by atoms with van der Waals surface area (Å²) in [5.41, 5.74) is 0.714. The van der Waals surface area contributed by atoms with Gasteiger partial charge in [0, 0.05) is 11.0 Å². The Hall–Kier alpha value is -1.84. The highest BCUT2D eigenvalue weighted by molar-refractivity contribution is 9.10. The molecule has 0 saturated carbocycles. The number of thioether (sulfide) groups is 1. The molecule has 1 saturated heterocycles. The van der Waals surface area contributed by atoms with Gasteiger partial charge in [-0.25, -0.2) is 4.79 Å². The van der Waals surface area contributed by atoms with Gasteiger partial charge >= 0.3 is 5.97 Å². The number of thiocarbonyl (C=S) groups is 1. The summed E-state index contributed by atoms with van der Waals surface area (Å²) in [6.07, 6.45) is 3.35. The molecule has 0 spiro atoms. The molecule has 0 atom stereocenters. The summed E-state index contributed by atoms with van der Waals surface area (Å²) in [7, 11) is 2.77. The minimum Gasteiger partial charge on any atom is -0.493 e. The number of rotatable bonds is 7. The molecule has 1 aromatic rings. The molecule has 9 heteroatoms. The van der Waals surface area contributed by atoms with Crippen LogP contribution in [0.25, 0.3) is 6.08 Å². The maximum absolute atomic E-state index is 12.4. The molecule has 0 unspecified atom stereocenters. The topological polar surface area (TPSA) is 65.1 Å². The lowest BCUT2D eigenvalue weighted by atomic mass is 10.2. The minimum atomic E-state index is -0.502. The molecule has 1 aliphatic rings. The van der Waals surface area contributed by atoms with Crippen molar-refractivity contribution < 1.29 is 23.8 Å². The standard InChI is InChI=1S/C17H16BrNO5S2/c1-4-5-19-16(21)14(26-17(19)25)7-10-6-12(22-2)13(8-11(10)18)24-9-15(20)23-3/h4,6-8H,1,5,9H2,2-3H3/b14-7-. The maximum atomic E-state index is 12.4. The molecule has 1 aliphatic heterocycles. The van der Waals surface area contributed by atoms with Crippen LogP contribution in [-0.4, -0.2) is 48.5 Å². The Morgan fingerprint density at radius 2 is 2.12 bits per heavy atom. The van der Waals surface area contributed by atoms with E-state index in [9.17, 15) is 9.59 Å². The first kappa shape index (κ1) is 20.5. The number of hydrogen-bond donors (Lipinski definition) is 0. The molecular formula is C17H16BrNO5S2. The van der Waals surface area contributed by atoms with E-state index in [0.29, 0.717) is 37.3 Å². The highest BCUT2D eigenvalue weighted by atomic mass is 79.9. The second-order valence-corrected chi connectivity index (χ2v) is 7.50. The molecule has 2 rings (SSSR count). The van der Waals surface area contributed by atoms with Crippen LogP contribution in [0.1, 0.15) is 5.56 Å². The van der Waals surface area contributed by atoms with Crippen molar-refractivity contribution in [2.24, 2.45) is 0 Å². The summed E-state index contributed by atoms with van der Waals surface area (Å²) < 4.78 is 16.4. The Morgan fingerprint density at radius 3 is 2.73 bits per heavy atom. The summed E-state index contributed by atoms with van der Waals surface area (Å²) >= 11 is 9.90. The van der Waals surface area contributed by atoms with Crippen molar-refractivity contribution in [2.75, 3.05) is 27.4 Å². The van der Waals surface area contributed by atoms with Gasteiger partial charge in [0.2, 0.25) is 0 Å². The van der Waals surface area contributed by atoms with E-state index in [-0.39, 0.29) is 12.5 Å². The zero-order valence-electron chi connectivity index (χ0n) is 14.1. The number of carbonyl (C=O) groups is 2. The zero-order valence-corrected chi connectivity index (χ0v) is 17.3. The minimum absolute atomic E-state index is 0.170. The van der Waals surface area contributed by atoms with Gasteiger partial charge in [-0.05, 0) is 23.8 Å². The Kier molecular flexibility index (Phi) is 7.24. The Bertz CT molecular complexity index is 794. The number of benzene rings is 1. The quantitative estimate of drug-likeness (QED) is 0.269. The molecular weight excluding hydrogens is 442 g/mol. The van der Waals surface area contributed by atoms with Crippen LogP contribution >= 0.6 is 39.9 Å². The fraction of sp³-hybridized carbons (Fsp3) is 0.235. The lowest BCUT2D eigenvalue weighted by Crippen LogP contribution is -2.27. The number of halogens is 1. The first-order valence-electron chi connectivity index (χ1n) is 7.34. The number of methoxy groups -OCH3 is 2. The summed E-state index contributed by atoms with van der Waals surface area (Å²) in [6.45, 7) is 3.76. The molecule has 0 aromatic heterocycles. The molecule has 0 aliphatic carbocycles. The lowest BCUT2D eigenvalue weighted by molar-refractivity contribution is -0.142. The van der Waals surface area contributed by atoms with E-state index >= 15 is 0 Å². The van der Waals surface area contributed by atoms with Crippen LogP contribution < -0.4 is 9.47 Å². The molecule has 1 aromatic carbocycles. The van der Waals surface area contributed by atoms with Gasteiger partial charge in [0.25, 0.3) is 5.91 Å². The van der Waals surface area contributed by atoms with Gasteiger partial charge in [0.1, 0.15) is 4.32 Å². The first-order chi connectivity index (χ1) is 12.4. The van der Waals surface area contributed by atoms with E-state index in [4.69, 9.17) is 21.7 Å². The fourth-order valence-electron chi connectivity index (χ4n) is 2.06. The first-order valence-corrected chi connectivity index (χ1v) is 9.36. The van der Waals surface area contributed by atoms with Crippen LogP contribution in [0.4, 0.5) is 0 Å². The summed E-state index contributed by atoms with van der Waals surface area (Å²) in [6, 6.07) is 3.37. The van der Waals surface area contributed by atoms with Gasteiger partial charge in [-0.15, -0.1) is 6.58 Å². The zero-order chi connectivity index (χ0) is 19.3. The molecule has 0 N–H and O–H groups in total. The van der Waals surface area contributed by atoms with Crippen LogP contribution in [0.15, 0.2) is 34.2 Å². The highest BCUT2D eigenvalue weighted by Crippen LogP contribution is 2.38. The highest BCUT2D eigenvalue weighted by Gasteiger charge is 2.31. The van der Waals surface area contributed by atoms with Crippen molar-refractivity contribution in [2.45, 2.75) is 0 Å². The molecule has 26 heavy (non-hydrogen) atoms. The number of amides is 1. The molecule has 0 radical (unpaired) electrons. The largest absolute Gasteiger partial charge is 0.493 e. The number of ether oxygens (including phenoxy) is 3. The van der Waals surface area contributed by atoms with E-state index in [1.807, 2.05) is 0 Å². The van der Waals surface area contributed by atoms with E-state index in [0.717, 1.165) is 0 Å². The van der Waals surface area contributed by atoms with Gasteiger partial charge in [0.15, 0.2) is 18.1 Å². The molecule has 1 heterocycles. The van der Waals surface area contributed by atoms with E-state index in [1.54, 1.807) is 24.3 Å². The van der Waals surface area contributed by atoms with Gasteiger partial charge in [-0.1, -0.05) is 46.0 Å². The molecule has 1 fully saturated rings. The number of hydrogen-bond acceptors (Lipinski definition) is 7. The second-order valence-electron chi connectivity index (χ2n) is 4.97. The SMILES string of the molecule is C=CCN1C(=O)/C(=C/c2cc(OC)c(OCC(=O)OC)cc2Br)SC1=S. The normalized spacial score (nSPS) is 15.3. The summed E-state index contributed by atoms with van der Waals surface area (Å²) in [5.74, 6) is 0.126. The average molecular weight is 458 g/mol. The summed E-state index contributed by atoms with van der Waals surface area (Å²) in [5, 5.41) is 0. The van der Waals surface area contributed by atoms with Gasteiger partial charge in [0.05, 0.1) is 19.1 Å². The van der Waals surface area contributed by atoms with Gasteiger partial charge in [-0.2, -0.15) is 0 Å². The predicted octanol–water partition coefficient (Wildman–Crippen LogP) is 3.40. The van der Waals surface area contributed by atoms with E-state index < -0.39 is 5.97 Å². The van der Waals surface area contributed by atoms with Gasteiger partial charge < -0.3 is 14.2 Å². The fourth-order valence-corrected chi connectivity index (χ4v) is 3.76. The maximum Gasteiger partial charge on any atom is 0.343 e. The Balaban J connectivity index is 2.30. The van der Waals surface area contributed by atoms with Crippen molar-refractivity contribution in [1.29, 1.82) is 0 Å². The monoisotopic (exact) mass is 457 g/mol. The van der Waals surface area contributed by atoms with Crippen LogP contribution in [0.3, 0.4) is 0 Å². The summed E-state index contributed by atoms with van der Waals surface area (Å²) in [4.78, 5) is 25.7. The van der Waals surface area contributed by atoms with Crippen molar-refractivity contribution in [3.63, 3.8) is 0 Å². The third-order valence-electron chi connectivity index (χ3n) is 3.33. The number of carbonyl (C=O) groups excluding carboxylic acids is 2. The van der Waals surface area contributed by atoms with Crippen LogP contribution in [0, 0.1) is 0 Å². The molecule has 138 valence electrons. The van der Waals surface area contributed by atoms with Crippen molar-refractivity contribution in [3.8, 4) is 11.5 Å². The Labute approximate surface area is 169 Å². The van der Waals surface area contributed by atoms with Crippen LogP contribution in [-0.2, 0) is 14.3 Å². The number of esters is 1. The smallest absolute Gasteiger partial charge is 0.343 e. The van der Waals surface area contributed by atoms with Crippen LogP contribution in [0.2, 0.25) is 0 Å². The van der Waals surface area contributed by atoms with Crippen LogP contribution in [0.5, 0.6) is 11.5 Å². The second kappa shape index (κ2) is 9.20. The number of nitrogens with zero attached hydrogens (tertiary/aromatic N) is 1. The lowest BCUT2D eigenvalue weighted by Gasteiger charge is -2.12. The third-order valence-corrected chi connectivity index (χ3v) is 5.39. The van der Waals surface area contributed by atoms with Crippen molar-refractivity contribution in [1.82, 2.24) is 4.90 Å². The Morgan fingerprint density at radius 1 is 1.38 bits per heavy atom. The molecule has 0 bridgehead atoms. The van der Waals surface area contributed by atoms with E-state index in [1.165, 1.54) is 30.9 Å². The third kappa shape index (κ3) is 4.66. The molecule has 6 nitrogen and oxygen atoms in total.